The Hall–Kier alpha value is -0.990. The highest BCUT2D eigenvalue weighted by atomic mass is 16.9. The maximum atomic E-state index is 12.5. The summed E-state index contributed by atoms with van der Waals surface area (Å²) in [5.41, 5.74) is 0.373. The van der Waals surface area contributed by atoms with E-state index in [1.165, 1.54) is 38.5 Å². The highest BCUT2D eigenvalue weighted by Gasteiger charge is 2.75. The fourth-order valence-corrected chi connectivity index (χ4v) is 11.2. The first-order chi connectivity index (χ1) is 17.9. The van der Waals surface area contributed by atoms with Gasteiger partial charge < -0.3 is 28.4 Å². The minimum absolute atomic E-state index is 0.00596. The molecule has 3 saturated heterocycles. The van der Waals surface area contributed by atoms with Gasteiger partial charge in [-0.15, -0.1) is 0 Å². The Labute approximate surface area is 218 Å². The third-order valence-corrected chi connectivity index (χ3v) is 12.2. The van der Waals surface area contributed by atoms with E-state index in [-0.39, 0.29) is 18.8 Å². The molecule has 4 atom stereocenters. The summed E-state index contributed by atoms with van der Waals surface area (Å²) in [5, 5.41) is 0. The van der Waals surface area contributed by atoms with Gasteiger partial charge in [0.1, 0.15) is 24.9 Å². The van der Waals surface area contributed by atoms with Gasteiger partial charge in [0.05, 0.1) is 6.61 Å². The van der Waals surface area contributed by atoms with Crippen LogP contribution in [0.4, 0.5) is 0 Å². The van der Waals surface area contributed by atoms with Crippen LogP contribution >= 0.6 is 0 Å². The Bertz CT molecular complexity index is 981. The van der Waals surface area contributed by atoms with Crippen LogP contribution in [0.25, 0.3) is 0 Å². The number of hydrogen-bond acceptors (Lipinski definition) is 7. The van der Waals surface area contributed by atoms with Gasteiger partial charge in [0, 0.05) is 29.2 Å². The van der Waals surface area contributed by atoms with E-state index in [0.29, 0.717) is 35.9 Å². The Morgan fingerprint density at radius 1 is 0.784 bits per heavy atom. The summed E-state index contributed by atoms with van der Waals surface area (Å²) in [4.78, 5) is 12.5. The van der Waals surface area contributed by atoms with Crippen LogP contribution in [0.5, 0.6) is 0 Å². The topological polar surface area (TPSA) is 72.5 Å². The molecule has 3 aliphatic heterocycles. The van der Waals surface area contributed by atoms with Crippen LogP contribution in [0.3, 0.4) is 0 Å². The van der Waals surface area contributed by atoms with Crippen molar-refractivity contribution in [1.82, 2.24) is 0 Å². The number of rotatable bonds is 3. The molecular weight excluding hydrogens is 472 g/mol. The number of esters is 1. The van der Waals surface area contributed by atoms with Crippen molar-refractivity contribution in [2.24, 2.45) is 47.3 Å². The summed E-state index contributed by atoms with van der Waals surface area (Å²) in [7, 11) is 0. The average molecular weight is 513 g/mol. The average Bonchev–Trinajstić information content (AvgIpc) is 3.42. The predicted molar refractivity (Wildman–Crippen MR) is 130 cm³/mol. The van der Waals surface area contributed by atoms with Crippen molar-refractivity contribution in [3.8, 4) is 0 Å². The van der Waals surface area contributed by atoms with E-state index in [1.54, 1.807) is 6.92 Å². The number of hydrogen-bond donors (Lipinski definition) is 0. The van der Waals surface area contributed by atoms with Gasteiger partial charge in [-0.25, -0.2) is 4.79 Å². The number of carbonyl (C=O) groups is 1. The molecule has 0 radical (unpaired) electrons. The molecule has 11 rings (SSSR count). The molecule has 0 aromatic rings. The first-order valence-electron chi connectivity index (χ1n) is 15.1. The summed E-state index contributed by atoms with van der Waals surface area (Å²) >= 11 is 0. The molecule has 0 N–H and O–H groups in total. The van der Waals surface area contributed by atoms with Crippen molar-refractivity contribution < 1.29 is 33.2 Å². The molecule has 2 spiro atoms. The smallest absolute Gasteiger partial charge is 0.333 e. The van der Waals surface area contributed by atoms with E-state index < -0.39 is 29.4 Å². The van der Waals surface area contributed by atoms with Crippen LogP contribution in [0.1, 0.15) is 71.1 Å². The highest BCUT2D eigenvalue weighted by molar-refractivity contribution is 5.86. The van der Waals surface area contributed by atoms with E-state index in [4.69, 9.17) is 28.4 Å². The summed E-state index contributed by atoms with van der Waals surface area (Å²) in [6.07, 6.45) is 11.3. The Kier molecular flexibility index (Phi) is 4.55. The van der Waals surface area contributed by atoms with Crippen LogP contribution in [0, 0.1) is 47.3 Å². The van der Waals surface area contributed by atoms with Crippen LogP contribution in [0.2, 0.25) is 0 Å². The Morgan fingerprint density at radius 3 is 1.86 bits per heavy atom. The second kappa shape index (κ2) is 7.39. The SMILES string of the molecule is C=C(C)C(=O)OC[C@@]12OC[C@H]3OC4(O[C@H]3[C@@H]1OC1(O2)C2CC3CC(C2)CC1C3)C1CC2CC(C1)CC4C2. The molecule has 11 fully saturated rings. The normalized spacial score (nSPS) is 59.8. The summed E-state index contributed by atoms with van der Waals surface area (Å²) in [6.45, 7) is 5.81. The van der Waals surface area contributed by atoms with Gasteiger partial charge in [0.15, 0.2) is 11.6 Å². The zero-order chi connectivity index (χ0) is 24.7. The van der Waals surface area contributed by atoms with Gasteiger partial charge in [-0.1, -0.05) is 6.58 Å². The van der Waals surface area contributed by atoms with Gasteiger partial charge in [0.2, 0.25) is 5.79 Å². The lowest BCUT2D eigenvalue weighted by atomic mass is 9.53. The third-order valence-electron chi connectivity index (χ3n) is 12.2. The number of carbonyl (C=O) groups excluding carboxylic acids is 1. The molecule has 0 amide bonds. The van der Waals surface area contributed by atoms with Crippen molar-refractivity contribution in [3.63, 3.8) is 0 Å². The molecule has 202 valence electrons. The van der Waals surface area contributed by atoms with Crippen LogP contribution in [-0.4, -0.2) is 54.9 Å². The Balaban J connectivity index is 1.07. The summed E-state index contributed by atoms with van der Waals surface area (Å²) in [6, 6.07) is 0. The zero-order valence-corrected chi connectivity index (χ0v) is 21.9. The first kappa shape index (κ1) is 22.8. The fraction of sp³-hybridized carbons (Fsp3) is 0.900. The monoisotopic (exact) mass is 512 g/mol. The van der Waals surface area contributed by atoms with Gasteiger partial charge in [-0.2, -0.15) is 0 Å². The first-order valence-corrected chi connectivity index (χ1v) is 15.1. The van der Waals surface area contributed by atoms with Crippen molar-refractivity contribution in [1.29, 1.82) is 0 Å². The highest BCUT2D eigenvalue weighted by Crippen LogP contribution is 2.67. The lowest BCUT2D eigenvalue weighted by Gasteiger charge is -2.58. The molecule has 8 bridgehead atoms. The van der Waals surface area contributed by atoms with Crippen molar-refractivity contribution in [3.05, 3.63) is 12.2 Å². The second-order valence-corrected chi connectivity index (χ2v) is 14.4. The van der Waals surface area contributed by atoms with E-state index in [9.17, 15) is 4.79 Å². The third kappa shape index (κ3) is 2.93. The lowest BCUT2D eigenvalue weighted by molar-refractivity contribution is -0.346. The van der Waals surface area contributed by atoms with Crippen LogP contribution in [0.15, 0.2) is 12.2 Å². The quantitative estimate of drug-likeness (QED) is 0.412. The summed E-state index contributed by atoms with van der Waals surface area (Å²) < 4.78 is 40.6. The number of ether oxygens (including phenoxy) is 6. The maximum absolute atomic E-state index is 12.5. The Morgan fingerprint density at radius 2 is 1.32 bits per heavy atom. The molecule has 8 saturated carbocycles. The van der Waals surface area contributed by atoms with E-state index in [0.717, 1.165) is 49.4 Å². The van der Waals surface area contributed by atoms with Crippen molar-refractivity contribution in [2.75, 3.05) is 13.2 Å². The second-order valence-electron chi connectivity index (χ2n) is 14.4. The molecular formula is C30H40O7. The molecule has 3 heterocycles. The minimum atomic E-state index is -1.16. The molecule has 7 nitrogen and oxygen atoms in total. The molecule has 11 aliphatic rings. The molecule has 0 unspecified atom stereocenters. The molecule has 7 heteroatoms. The molecule has 8 aliphatic carbocycles. The zero-order valence-electron chi connectivity index (χ0n) is 21.9. The van der Waals surface area contributed by atoms with E-state index in [2.05, 4.69) is 6.58 Å². The van der Waals surface area contributed by atoms with Gasteiger partial charge in [0.25, 0.3) is 0 Å². The van der Waals surface area contributed by atoms with Gasteiger partial charge in [-0.3, -0.25) is 0 Å². The van der Waals surface area contributed by atoms with E-state index in [1.807, 2.05) is 0 Å². The molecule has 0 aromatic carbocycles. The molecule has 37 heavy (non-hydrogen) atoms. The van der Waals surface area contributed by atoms with Crippen molar-refractivity contribution in [2.45, 2.75) is 107 Å². The number of fused-ring (bicyclic) bond motifs is 3. The lowest BCUT2D eigenvalue weighted by Crippen LogP contribution is -2.61. The molecule has 0 aromatic heterocycles. The standard InChI is InChI=1S/C30H40O7/c1-15(2)27(31)32-14-28-26(36-30(37-28)22-9-18-4-19(11-22)12-23(30)10-18)25-24(13-33-28)34-29(35-25)20-5-16-3-17(7-20)8-21(29)6-16/h16-26H,1,3-14H2,2H3/t16?,17?,18?,19?,20?,21?,22?,23?,24-,25-,26+,28+,29?,30?/m1/s1. The fourth-order valence-electron chi connectivity index (χ4n) is 11.2. The van der Waals surface area contributed by atoms with Gasteiger partial charge >= 0.3 is 5.97 Å². The van der Waals surface area contributed by atoms with E-state index >= 15 is 0 Å². The van der Waals surface area contributed by atoms with Crippen LogP contribution in [-0.2, 0) is 33.2 Å². The van der Waals surface area contributed by atoms with Crippen LogP contribution < -0.4 is 0 Å². The minimum Gasteiger partial charge on any atom is -0.456 e. The van der Waals surface area contributed by atoms with Gasteiger partial charge in [-0.05, 0) is 94.8 Å². The maximum Gasteiger partial charge on any atom is 0.333 e. The predicted octanol–water partition coefficient (Wildman–Crippen LogP) is 4.34. The van der Waals surface area contributed by atoms with Crippen molar-refractivity contribution >= 4 is 5.97 Å². The largest absolute Gasteiger partial charge is 0.456 e. The summed E-state index contributed by atoms with van der Waals surface area (Å²) in [5.74, 6) is 2.12.